The summed E-state index contributed by atoms with van der Waals surface area (Å²) in [6.45, 7) is 2.91. The summed E-state index contributed by atoms with van der Waals surface area (Å²) in [5, 5.41) is 8.72. The van der Waals surface area contributed by atoms with Gasteiger partial charge < -0.3 is 19.8 Å². The monoisotopic (exact) mass is 344 g/mol. The number of hydrazine groups is 1. The summed E-state index contributed by atoms with van der Waals surface area (Å²) < 4.78 is 10.3. The molecule has 132 valence electrons. The smallest absolute Gasteiger partial charge is 0.410 e. The molecule has 1 heterocycles. The van der Waals surface area contributed by atoms with Crippen molar-refractivity contribution in [1.82, 2.24) is 15.8 Å². The lowest BCUT2D eigenvalue weighted by atomic mass is 10.2. The van der Waals surface area contributed by atoms with E-state index in [1.807, 2.05) is 12.1 Å². The number of carbonyl (C=O) groups is 2. The molecule has 8 heteroatoms. The van der Waals surface area contributed by atoms with Crippen LogP contribution in [0.2, 0.25) is 0 Å². The molecule has 0 spiro atoms. The summed E-state index contributed by atoms with van der Waals surface area (Å²) in [6, 6.07) is 8.51. The van der Waals surface area contributed by atoms with Crippen molar-refractivity contribution >= 4 is 12.0 Å². The first kappa shape index (κ1) is 18.1. The molecule has 0 atom stereocenters. The van der Waals surface area contributed by atoms with Crippen molar-refractivity contribution in [2.24, 2.45) is 0 Å². The maximum absolute atomic E-state index is 11.8. The lowest BCUT2D eigenvalue weighted by Crippen LogP contribution is -2.43. The number of ether oxygens (including phenoxy) is 2. The number of rotatable bonds is 6. The van der Waals surface area contributed by atoms with Crippen molar-refractivity contribution in [3.63, 3.8) is 0 Å². The Morgan fingerprint density at radius 1 is 1.32 bits per heavy atom. The normalized spacial score (nSPS) is 13.3. The van der Waals surface area contributed by atoms with Crippen molar-refractivity contribution in [3.05, 3.63) is 41.6 Å². The number of benzene rings is 1. The van der Waals surface area contributed by atoms with E-state index in [0.717, 1.165) is 5.70 Å². The molecule has 0 fully saturated rings. The predicted molar refractivity (Wildman–Crippen MR) is 89.2 cm³/mol. The summed E-state index contributed by atoms with van der Waals surface area (Å²) in [4.78, 5) is 24.9. The quantitative estimate of drug-likeness (QED) is 0.754. The second-order valence-corrected chi connectivity index (χ2v) is 5.22. The van der Waals surface area contributed by atoms with Gasteiger partial charge in [-0.25, -0.2) is 4.79 Å². The lowest BCUT2D eigenvalue weighted by Gasteiger charge is -2.26. The van der Waals surface area contributed by atoms with Crippen LogP contribution in [-0.2, 0) is 9.53 Å². The average molecular weight is 344 g/mol. The van der Waals surface area contributed by atoms with Crippen LogP contribution in [0.4, 0.5) is 4.79 Å². The molecule has 1 aliphatic heterocycles. The first-order chi connectivity index (χ1) is 12.1. The minimum Gasteiger partial charge on any atom is -0.484 e. The molecule has 1 aromatic rings. The van der Waals surface area contributed by atoms with Gasteiger partial charge in [0.2, 0.25) is 0 Å². The molecular formula is C17H20N4O4. The number of carbonyl (C=O) groups excluding carboxylic acids is 2. The Labute approximate surface area is 146 Å². The first-order valence-corrected chi connectivity index (χ1v) is 7.91. The minimum atomic E-state index is -0.336. The topological polar surface area (TPSA) is 104 Å². The zero-order valence-electron chi connectivity index (χ0n) is 13.9. The Balaban J connectivity index is 1.69. The van der Waals surface area contributed by atoms with Gasteiger partial charge in [0.25, 0.3) is 5.91 Å². The molecular weight excluding hydrogens is 324 g/mol. The number of hydrogen-bond acceptors (Lipinski definition) is 6. The van der Waals surface area contributed by atoms with Crippen LogP contribution in [0.3, 0.4) is 0 Å². The third-order valence-corrected chi connectivity index (χ3v) is 3.45. The molecule has 2 rings (SSSR count). The van der Waals surface area contributed by atoms with Gasteiger partial charge in [-0.2, -0.15) is 5.26 Å². The largest absolute Gasteiger partial charge is 0.484 e. The highest BCUT2D eigenvalue weighted by Crippen LogP contribution is 2.11. The van der Waals surface area contributed by atoms with Gasteiger partial charge in [-0.3, -0.25) is 10.2 Å². The van der Waals surface area contributed by atoms with Gasteiger partial charge in [-0.1, -0.05) is 0 Å². The van der Waals surface area contributed by atoms with E-state index >= 15 is 0 Å². The minimum absolute atomic E-state index is 0.152. The zero-order valence-corrected chi connectivity index (χ0v) is 13.9. The molecule has 0 saturated carbocycles. The molecule has 0 aliphatic carbocycles. The highest BCUT2D eigenvalue weighted by atomic mass is 16.6. The molecule has 0 saturated heterocycles. The van der Waals surface area contributed by atoms with Crippen LogP contribution in [0, 0.1) is 11.3 Å². The van der Waals surface area contributed by atoms with Crippen molar-refractivity contribution < 1.29 is 19.1 Å². The molecule has 0 bridgehead atoms. The number of nitrogens with one attached hydrogen (secondary N) is 2. The highest BCUT2D eigenvalue weighted by Gasteiger charge is 2.18. The Morgan fingerprint density at radius 2 is 2.08 bits per heavy atom. The second kappa shape index (κ2) is 9.17. The van der Waals surface area contributed by atoms with Crippen LogP contribution in [0.1, 0.15) is 18.9 Å². The number of nitrogens with zero attached hydrogens (tertiary/aromatic N) is 2. The Morgan fingerprint density at radius 3 is 2.68 bits per heavy atom. The standard InChI is InChI=1S/C17H20N4O4/c1-2-24-17(23)21-9-7-14(8-10-21)19-20-16(22)12-25-15-5-3-13(11-18)4-6-15/h3-7,19H,2,8-10,12H2,1H3,(H,20,22). The van der Waals surface area contributed by atoms with Crippen LogP contribution in [-0.4, -0.2) is 43.2 Å². The fourth-order valence-corrected chi connectivity index (χ4v) is 2.12. The zero-order chi connectivity index (χ0) is 18.1. The van der Waals surface area contributed by atoms with E-state index in [1.165, 1.54) is 0 Å². The third kappa shape index (κ3) is 5.73. The van der Waals surface area contributed by atoms with Crippen molar-refractivity contribution in [1.29, 1.82) is 5.26 Å². The van der Waals surface area contributed by atoms with Crippen LogP contribution in [0.25, 0.3) is 0 Å². The number of amides is 2. The van der Waals surface area contributed by atoms with Crippen LogP contribution in [0.15, 0.2) is 36.0 Å². The molecule has 2 N–H and O–H groups in total. The summed E-state index contributed by atoms with van der Waals surface area (Å²) in [7, 11) is 0. The molecule has 0 unspecified atom stereocenters. The molecule has 0 radical (unpaired) electrons. The second-order valence-electron chi connectivity index (χ2n) is 5.22. The molecule has 2 amide bonds. The van der Waals surface area contributed by atoms with E-state index in [4.69, 9.17) is 14.7 Å². The lowest BCUT2D eigenvalue weighted by molar-refractivity contribution is -0.123. The van der Waals surface area contributed by atoms with Gasteiger partial charge in [-0.05, 0) is 37.3 Å². The van der Waals surface area contributed by atoms with Crippen molar-refractivity contribution in [3.8, 4) is 11.8 Å². The number of nitriles is 1. The Hall–Kier alpha value is -3.21. The van der Waals surface area contributed by atoms with E-state index in [0.29, 0.717) is 37.4 Å². The van der Waals surface area contributed by atoms with Gasteiger partial charge in [0.05, 0.1) is 18.2 Å². The first-order valence-electron chi connectivity index (χ1n) is 7.91. The van der Waals surface area contributed by atoms with Crippen molar-refractivity contribution in [2.75, 3.05) is 26.3 Å². The molecule has 1 aliphatic rings. The van der Waals surface area contributed by atoms with E-state index in [9.17, 15) is 9.59 Å². The van der Waals surface area contributed by atoms with Gasteiger partial charge in [-0.15, -0.1) is 0 Å². The van der Waals surface area contributed by atoms with E-state index < -0.39 is 0 Å². The summed E-state index contributed by atoms with van der Waals surface area (Å²) in [5.74, 6) is 0.175. The molecule has 0 aromatic heterocycles. The number of hydrogen-bond donors (Lipinski definition) is 2. The van der Waals surface area contributed by atoms with E-state index in [2.05, 4.69) is 10.9 Å². The van der Waals surface area contributed by atoms with Crippen LogP contribution in [0.5, 0.6) is 5.75 Å². The SMILES string of the molecule is CCOC(=O)N1CC=C(NNC(=O)COc2ccc(C#N)cc2)CC1. The molecule has 8 nitrogen and oxygen atoms in total. The van der Waals surface area contributed by atoms with Gasteiger partial charge in [0.1, 0.15) is 5.75 Å². The maximum atomic E-state index is 11.8. The van der Waals surface area contributed by atoms with Crippen LogP contribution < -0.4 is 15.6 Å². The van der Waals surface area contributed by atoms with Gasteiger partial charge in [0, 0.05) is 25.2 Å². The van der Waals surface area contributed by atoms with Gasteiger partial charge in [0.15, 0.2) is 6.61 Å². The fraction of sp³-hybridized carbons (Fsp3) is 0.353. The maximum Gasteiger partial charge on any atom is 0.410 e. The fourth-order valence-electron chi connectivity index (χ4n) is 2.12. The summed E-state index contributed by atoms with van der Waals surface area (Å²) in [6.07, 6.45) is 2.08. The Kier molecular flexibility index (Phi) is 6.65. The van der Waals surface area contributed by atoms with Crippen LogP contribution >= 0.6 is 0 Å². The van der Waals surface area contributed by atoms with E-state index in [-0.39, 0.29) is 18.6 Å². The molecule has 1 aromatic carbocycles. The predicted octanol–water partition coefficient (Wildman–Crippen LogP) is 1.30. The van der Waals surface area contributed by atoms with E-state index in [1.54, 1.807) is 36.1 Å². The van der Waals surface area contributed by atoms with Crippen molar-refractivity contribution in [2.45, 2.75) is 13.3 Å². The molecule has 25 heavy (non-hydrogen) atoms. The third-order valence-electron chi connectivity index (χ3n) is 3.45. The average Bonchev–Trinajstić information content (AvgIpc) is 2.65. The van der Waals surface area contributed by atoms with Gasteiger partial charge >= 0.3 is 6.09 Å². The highest BCUT2D eigenvalue weighted by molar-refractivity contribution is 5.77. The Bertz CT molecular complexity index is 679. The summed E-state index contributed by atoms with van der Waals surface area (Å²) >= 11 is 0. The summed E-state index contributed by atoms with van der Waals surface area (Å²) in [5.41, 5.74) is 6.73.